The molecule has 0 bridgehead atoms. The van der Waals surface area contributed by atoms with Crippen LogP contribution in [-0.2, 0) is 11.2 Å². The lowest BCUT2D eigenvalue weighted by Gasteiger charge is -2.30. The number of Topliss-reactive ketones (excluding diaryl/α,β-unsaturated/α-hetero) is 1. The van der Waals surface area contributed by atoms with Crippen LogP contribution in [0, 0.1) is 18.7 Å². The van der Waals surface area contributed by atoms with Crippen molar-refractivity contribution >= 4 is 5.78 Å². The monoisotopic (exact) mass is 249 g/mol. The van der Waals surface area contributed by atoms with Crippen LogP contribution in [0.25, 0.3) is 0 Å². The molecule has 1 aliphatic heterocycles. The molecule has 1 aromatic rings. The Bertz CT molecular complexity index is 444. The first kappa shape index (κ1) is 13.2. The molecule has 98 valence electrons. The summed E-state index contributed by atoms with van der Waals surface area (Å²) in [5.41, 5.74) is 2.21. The maximum absolute atomic E-state index is 13.0. The largest absolute Gasteiger partial charge is 0.302 e. The number of aryl methyl sites for hydroxylation is 1. The topological polar surface area (TPSA) is 20.3 Å². The minimum Gasteiger partial charge on any atom is -0.302 e. The summed E-state index contributed by atoms with van der Waals surface area (Å²) in [5.74, 6) is 0.366. The molecule has 1 unspecified atom stereocenters. The molecule has 2 nitrogen and oxygen atoms in total. The first-order chi connectivity index (χ1) is 8.56. The van der Waals surface area contributed by atoms with Crippen molar-refractivity contribution in [1.82, 2.24) is 4.90 Å². The lowest BCUT2D eigenvalue weighted by molar-refractivity contribution is -0.125. The Balaban J connectivity index is 1.90. The van der Waals surface area contributed by atoms with Crippen LogP contribution in [0.1, 0.15) is 24.5 Å². The molecule has 1 heterocycles. The molecule has 2 rings (SSSR count). The Kier molecular flexibility index (Phi) is 4.12. The van der Waals surface area contributed by atoms with Gasteiger partial charge in [0.05, 0.1) is 0 Å². The number of likely N-dealkylation sites (tertiary alicyclic amines) is 1. The highest BCUT2D eigenvalue weighted by molar-refractivity contribution is 5.81. The van der Waals surface area contributed by atoms with E-state index in [-0.39, 0.29) is 11.7 Å². The molecule has 1 aliphatic rings. The highest BCUT2D eigenvalue weighted by atomic mass is 19.1. The third-order valence-electron chi connectivity index (χ3n) is 3.76. The first-order valence-electron chi connectivity index (χ1n) is 6.56. The molecule has 0 aliphatic carbocycles. The standard InChI is InChI=1S/C15H20FNO/c1-11-9-14(16)4-3-13(11)5-7-17-8-6-15(18)12(2)10-17/h3-4,9,12H,5-8,10H2,1-2H3. The average molecular weight is 249 g/mol. The number of hydrogen-bond donors (Lipinski definition) is 0. The van der Waals surface area contributed by atoms with Gasteiger partial charge in [0.1, 0.15) is 11.6 Å². The van der Waals surface area contributed by atoms with Crippen molar-refractivity contribution in [3.8, 4) is 0 Å². The van der Waals surface area contributed by atoms with Crippen molar-refractivity contribution in [2.45, 2.75) is 26.7 Å². The zero-order chi connectivity index (χ0) is 13.1. The van der Waals surface area contributed by atoms with E-state index in [0.717, 1.165) is 31.6 Å². The first-order valence-corrected chi connectivity index (χ1v) is 6.56. The second-order valence-electron chi connectivity index (χ2n) is 5.24. The Morgan fingerprint density at radius 3 is 2.89 bits per heavy atom. The van der Waals surface area contributed by atoms with E-state index in [1.165, 1.54) is 11.6 Å². The van der Waals surface area contributed by atoms with E-state index in [2.05, 4.69) is 4.90 Å². The normalized spacial score (nSPS) is 21.3. The fourth-order valence-corrected chi connectivity index (χ4v) is 2.52. The number of halogens is 1. The molecule has 1 aromatic carbocycles. The Morgan fingerprint density at radius 2 is 2.22 bits per heavy atom. The van der Waals surface area contributed by atoms with Gasteiger partial charge in [-0.15, -0.1) is 0 Å². The summed E-state index contributed by atoms with van der Waals surface area (Å²) in [7, 11) is 0. The number of carbonyl (C=O) groups is 1. The van der Waals surface area contributed by atoms with Crippen LogP contribution in [0.15, 0.2) is 18.2 Å². The number of piperidine rings is 1. The van der Waals surface area contributed by atoms with Gasteiger partial charge in [-0.1, -0.05) is 13.0 Å². The number of hydrogen-bond acceptors (Lipinski definition) is 2. The van der Waals surface area contributed by atoms with Gasteiger partial charge in [-0.25, -0.2) is 4.39 Å². The van der Waals surface area contributed by atoms with Gasteiger partial charge in [-0.05, 0) is 36.6 Å². The van der Waals surface area contributed by atoms with Crippen LogP contribution in [0.5, 0.6) is 0 Å². The number of nitrogens with zero attached hydrogens (tertiary/aromatic N) is 1. The Hall–Kier alpha value is -1.22. The van der Waals surface area contributed by atoms with Crippen LogP contribution >= 0.6 is 0 Å². The highest BCUT2D eigenvalue weighted by Crippen LogP contribution is 2.15. The van der Waals surface area contributed by atoms with Crippen molar-refractivity contribution in [2.75, 3.05) is 19.6 Å². The van der Waals surface area contributed by atoms with Gasteiger partial charge in [-0.3, -0.25) is 4.79 Å². The second-order valence-corrected chi connectivity index (χ2v) is 5.24. The minimum atomic E-state index is -0.173. The van der Waals surface area contributed by atoms with E-state index in [4.69, 9.17) is 0 Å². The molecule has 3 heteroatoms. The van der Waals surface area contributed by atoms with Gasteiger partial charge in [-0.2, -0.15) is 0 Å². The van der Waals surface area contributed by atoms with Gasteiger partial charge < -0.3 is 4.90 Å². The summed E-state index contributed by atoms with van der Waals surface area (Å²) < 4.78 is 13.0. The number of carbonyl (C=O) groups excluding carboxylic acids is 1. The van der Waals surface area contributed by atoms with Gasteiger partial charge >= 0.3 is 0 Å². The molecular weight excluding hydrogens is 229 g/mol. The quantitative estimate of drug-likeness (QED) is 0.820. The van der Waals surface area contributed by atoms with Crippen LogP contribution < -0.4 is 0 Å². The molecule has 1 atom stereocenters. The van der Waals surface area contributed by atoms with Crippen molar-refractivity contribution < 1.29 is 9.18 Å². The molecule has 18 heavy (non-hydrogen) atoms. The van der Waals surface area contributed by atoms with Gasteiger partial charge in [0.15, 0.2) is 0 Å². The zero-order valence-electron chi connectivity index (χ0n) is 11.1. The van der Waals surface area contributed by atoms with Crippen molar-refractivity contribution in [3.05, 3.63) is 35.1 Å². The van der Waals surface area contributed by atoms with E-state index in [9.17, 15) is 9.18 Å². The smallest absolute Gasteiger partial charge is 0.138 e. The second kappa shape index (κ2) is 5.61. The van der Waals surface area contributed by atoms with Crippen LogP contribution in [0.3, 0.4) is 0 Å². The Morgan fingerprint density at radius 1 is 1.44 bits per heavy atom. The van der Waals surface area contributed by atoms with E-state index in [1.54, 1.807) is 6.07 Å². The summed E-state index contributed by atoms with van der Waals surface area (Å²) in [6.45, 7) is 6.62. The van der Waals surface area contributed by atoms with Crippen molar-refractivity contribution in [1.29, 1.82) is 0 Å². The zero-order valence-corrected chi connectivity index (χ0v) is 11.1. The molecule has 0 saturated carbocycles. The molecule has 1 saturated heterocycles. The highest BCUT2D eigenvalue weighted by Gasteiger charge is 2.22. The predicted octanol–water partition coefficient (Wildman–Crippen LogP) is 2.59. The van der Waals surface area contributed by atoms with E-state index < -0.39 is 0 Å². The molecule has 0 aromatic heterocycles. The third-order valence-corrected chi connectivity index (χ3v) is 3.76. The summed E-state index contributed by atoms with van der Waals surface area (Å²) in [4.78, 5) is 13.8. The summed E-state index contributed by atoms with van der Waals surface area (Å²) >= 11 is 0. The van der Waals surface area contributed by atoms with Gasteiger partial charge in [0.2, 0.25) is 0 Å². The van der Waals surface area contributed by atoms with Crippen LogP contribution in [-0.4, -0.2) is 30.3 Å². The summed E-state index contributed by atoms with van der Waals surface area (Å²) in [6, 6.07) is 4.96. The number of ketones is 1. The van der Waals surface area contributed by atoms with E-state index in [1.807, 2.05) is 19.9 Å². The minimum absolute atomic E-state index is 0.160. The van der Waals surface area contributed by atoms with E-state index >= 15 is 0 Å². The van der Waals surface area contributed by atoms with Crippen molar-refractivity contribution in [2.24, 2.45) is 5.92 Å². The van der Waals surface area contributed by atoms with Gasteiger partial charge in [0.25, 0.3) is 0 Å². The predicted molar refractivity (Wildman–Crippen MR) is 70.1 cm³/mol. The summed E-state index contributed by atoms with van der Waals surface area (Å²) in [6.07, 6.45) is 1.59. The molecule has 1 fully saturated rings. The molecular formula is C15H20FNO. The fourth-order valence-electron chi connectivity index (χ4n) is 2.52. The Labute approximate surface area is 108 Å². The molecule has 0 radical (unpaired) electrons. The van der Waals surface area contributed by atoms with Crippen LogP contribution in [0.2, 0.25) is 0 Å². The molecule has 0 spiro atoms. The summed E-state index contributed by atoms with van der Waals surface area (Å²) in [5, 5.41) is 0. The number of benzene rings is 1. The van der Waals surface area contributed by atoms with Gasteiger partial charge in [0, 0.05) is 32.0 Å². The molecule has 0 amide bonds. The lowest BCUT2D eigenvalue weighted by Crippen LogP contribution is -2.40. The van der Waals surface area contributed by atoms with Crippen molar-refractivity contribution in [3.63, 3.8) is 0 Å². The maximum Gasteiger partial charge on any atom is 0.138 e. The number of rotatable bonds is 3. The lowest BCUT2D eigenvalue weighted by atomic mass is 9.98. The fraction of sp³-hybridized carbons (Fsp3) is 0.533. The maximum atomic E-state index is 13.0. The average Bonchev–Trinajstić information content (AvgIpc) is 2.32. The third kappa shape index (κ3) is 3.16. The SMILES string of the molecule is Cc1cc(F)ccc1CCN1CCC(=O)C(C)C1. The molecule has 0 N–H and O–H groups in total. The van der Waals surface area contributed by atoms with E-state index in [0.29, 0.717) is 12.2 Å². The van der Waals surface area contributed by atoms with Crippen LogP contribution in [0.4, 0.5) is 4.39 Å².